The third kappa shape index (κ3) is 4.53. The lowest BCUT2D eigenvalue weighted by molar-refractivity contribution is 0.0945. The maximum atomic E-state index is 12.7. The minimum atomic E-state index is -0.460. The Labute approximate surface area is 183 Å². The number of anilines is 1. The summed E-state index contributed by atoms with van der Waals surface area (Å²) >= 11 is 0. The highest BCUT2D eigenvalue weighted by Crippen LogP contribution is 2.15. The zero-order valence-corrected chi connectivity index (χ0v) is 17.6. The normalized spacial score (nSPS) is 10.8. The molecule has 0 aliphatic heterocycles. The Hall–Kier alpha value is -4.35. The number of hydrogen-bond acceptors (Lipinski definition) is 7. The monoisotopic (exact) mass is 434 g/mol. The van der Waals surface area contributed by atoms with Gasteiger partial charge in [-0.25, -0.2) is 4.68 Å². The number of carbonyl (C=O) groups excluding carboxylic acids is 2. The zero-order chi connectivity index (χ0) is 22.5. The Morgan fingerprint density at radius 3 is 2.66 bits per heavy atom. The van der Waals surface area contributed by atoms with Crippen molar-refractivity contribution in [2.24, 2.45) is 7.05 Å². The maximum absolute atomic E-state index is 12.7. The van der Waals surface area contributed by atoms with Crippen LogP contribution in [0.4, 0.5) is 5.69 Å². The van der Waals surface area contributed by atoms with Gasteiger partial charge in [0.05, 0.1) is 11.9 Å². The molecule has 1 aromatic carbocycles. The summed E-state index contributed by atoms with van der Waals surface area (Å²) in [6.07, 6.45) is 3.87. The van der Waals surface area contributed by atoms with Gasteiger partial charge in [-0.3, -0.25) is 14.3 Å². The number of amides is 2. The van der Waals surface area contributed by atoms with Crippen LogP contribution in [0.25, 0.3) is 11.4 Å². The van der Waals surface area contributed by atoms with Crippen LogP contribution in [-0.2, 0) is 13.7 Å². The predicted molar refractivity (Wildman–Crippen MR) is 115 cm³/mol. The Bertz CT molecular complexity index is 1220. The van der Waals surface area contributed by atoms with Crippen molar-refractivity contribution in [3.05, 3.63) is 60.2 Å². The third-order valence-corrected chi connectivity index (χ3v) is 4.57. The molecule has 0 atom stereocenters. The molecule has 0 bridgehead atoms. The predicted octanol–water partition coefficient (Wildman–Crippen LogP) is 1.17. The molecule has 2 N–H and O–H groups in total. The van der Waals surface area contributed by atoms with Gasteiger partial charge in [0.25, 0.3) is 11.8 Å². The van der Waals surface area contributed by atoms with E-state index in [1.54, 1.807) is 19.3 Å². The average Bonchev–Trinajstić information content (AvgIpc) is 3.54. The molecule has 0 aliphatic rings. The molecule has 0 radical (unpaired) electrons. The van der Waals surface area contributed by atoms with Crippen LogP contribution >= 0.6 is 0 Å². The van der Waals surface area contributed by atoms with Gasteiger partial charge in [0.1, 0.15) is 5.69 Å². The number of nitrogens with zero attached hydrogens (tertiary/aromatic N) is 8. The Kier molecular flexibility index (Phi) is 6.01. The number of nitrogens with one attached hydrogen (secondary N) is 2. The Morgan fingerprint density at radius 1 is 1.06 bits per heavy atom. The van der Waals surface area contributed by atoms with Crippen molar-refractivity contribution in [1.29, 1.82) is 0 Å². The molecule has 12 heteroatoms. The van der Waals surface area contributed by atoms with Gasteiger partial charge in [-0.05, 0) is 17.7 Å². The molecular weight excluding hydrogens is 412 g/mol. The molecule has 4 rings (SSSR count). The summed E-state index contributed by atoms with van der Waals surface area (Å²) in [5.41, 5.74) is 1.62. The summed E-state index contributed by atoms with van der Waals surface area (Å²) in [6, 6.07) is 11.1. The van der Waals surface area contributed by atoms with Crippen LogP contribution in [0.15, 0.2) is 48.8 Å². The van der Waals surface area contributed by atoms with E-state index in [1.165, 1.54) is 20.4 Å². The fourth-order valence-electron chi connectivity index (χ4n) is 3.00. The second-order valence-electron chi connectivity index (χ2n) is 6.97. The molecule has 164 valence electrons. The molecular formula is C20H22N10O2. The molecule has 4 aromatic rings. The van der Waals surface area contributed by atoms with Crippen molar-refractivity contribution in [2.45, 2.75) is 20.0 Å². The first-order valence-corrected chi connectivity index (χ1v) is 10.0. The van der Waals surface area contributed by atoms with E-state index in [9.17, 15) is 9.59 Å². The number of benzene rings is 1. The molecule has 0 saturated heterocycles. The van der Waals surface area contributed by atoms with E-state index >= 15 is 0 Å². The summed E-state index contributed by atoms with van der Waals surface area (Å²) in [5, 5.41) is 26.2. The van der Waals surface area contributed by atoms with E-state index < -0.39 is 5.91 Å². The molecule has 0 spiro atoms. The van der Waals surface area contributed by atoms with Crippen LogP contribution in [0.2, 0.25) is 0 Å². The van der Waals surface area contributed by atoms with Crippen LogP contribution in [-0.4, -0.2) is 58.1 Å². The van der Waals surface area contributed by atoms with Gasteiger partial charge < -0.3 is 10.6 Å². The van der Waals surface area contributed by atoms with Crippen LogP contribution in [0.1, 0.15) is 34.3 Å². The molecule has 0 unspecified atom stereocenters. The summed E-state index contributed by atoms with van der Waals surface area (Å²) in [4.78, 5) is 26.4. The SMILES string of the molecule is CCCNC(=O)c1c(NC(=O)c2ccn(Cn3nnc(-c4ccccc4)n3)n2)cnn1C. The lowest BCUT2D eigenvalue weighted by atomic mass is 10.2. The largest absolute Gasteiger partial charge is 0.351 e. The van der Waals surface area contributed by atoms with E-state index in [1.807, 2.05) is 37.3 Å². The van der Waals surface area contributed by atoms with Crippen LogP contribution in [0.5, 0.6) is 0 Å². The minimum Gasteiger partial charge on any atom is -0.351 e. The molecule has 2 amide bonds. The first-order chi connectivity index (χ1) is 15.5. The number of aryl methyl sites for hydroxylation is 1. The lowest BCUT2D eigenvalue weighted by Crippen LogP contribution is -2.27. The van der Waals surface area contributed by atoms with Gasteiger partial charge in [0.15, 0.2) is 12.4 Å². The smallest absolute Gasteiger partial charge is 0.276 e. The average molecular weight is 434 g/mol. The van der Waals surface area contributed by atoms with E-state index in [4.69, 9.17) is 0 Å². The maximum Gasteiger partial charge on any atom is 0.276 e. The number of tetrazole rings is 1. The summed E-state index contributed by atoms with van der Waals surface area (Å²) in [5.74, 6) is -0.266. The third-order valence-electron chi connectivity index (χ3n) is 4.57. The molecule has 3 aromatic heterocycles. The topological polar surface area (TPSA) is 137 Å². The standard InChI is InChI=1S/C20H22N10O2/c1-3-10-21-20(32)17-16(12-22-28(17)2)23-19(31)15-9-11-29(25-15)13-30-26-18(24-27-30)14-7-5-4-6-8-14/h4-9,11-12H,3,10,13H2,1-2H3,(H,21,32)(H,23,31). The molecule has 0 fully saturated rings. The zero-order valence-electron chi connectivity index (χ0n) is 17.6. The fourth-order valence-corrected chi connectivity index (χ4v) is 3.00. The molecule has 32 heavy (non-hydrogen) atoms. The summed E-state index contributed by atoms with van der Waals surface area (Å²) in [7, 11) is 1.64. The Morgan fingerprint density at radius 2 is 1.88 bits per heavy atom. The minimum absolute atomic E-state index is 0.178. The van der Waals surface area contributed by atoms with Crippen molar-refractivity contribution >= 4 is 17.5 Å². The van der Waals surface area contributed by atoms with E-state index in [0.717, 1.165) is 12.0 Å². The summed E-state index contributed by atoms with van der Waals surface area (Å²) in [6.45, 7) is 2.68. The van der Waals surface area contributed by atoms with Gasteiger partial charge >= 0.3 is 0 Å². The second kappa shape index (κ2) is 9.20. The second-order valence-corrected chi connectivity index (χ2v) is 6.97. The van der Waals surface area contributed by atoms with Crippen molar-refractivity contribution in [1.82, 2.24) is 45.1 Å². The highest BCUT2D eigenvalue weighted by molar-refractivity contribution is 6.07. The first-order valence-electron chi connectivity index (χ1n) is 10.0. The van der Waals surface area contributed by atoms with Gasteiger partial charge in [0.2, 0.25) is 5.82 Å². The van der Waals surface area contributed by atoms with E-state index in [-0.39, 0.29) is 24.0 Å². The fraction of sp³-hybridized carbons (Fsp3) is 0.250. The van der Waals surface area contributed by atoms with Crippen molar-refractivity contribution < 1.29 is 9.59 Å². The molecule has 12 nitrogen and oxygen atoms in total. The number of carbonyl (C=O) groups is 2. The molecule has 3 heterocycles. The van der Waals surface area contributed by atoms with Gasteiger partial charge in [-0.2, -0.15) is 10.2 Å². The van der Waals surface area contributed by atoms with Crippen molar-refractivity contribution in [2.75, 3.05) is 11.9 Å². The number of hydrogen-bond donors (Lipinski definition) is 2. The Balaban J connectivity index is 1.43. The van der Waals surface area contributed by atoms with Crippen LogP contribution in [0, 0.1) is 0 Å². The highest BCUT2D eigenvalue weighted by atomic mass is 16.2. The molecule has 0 saturated carbocycles. The van der Waals surface area contributed by atoms with Gasteiger partial charge in [-0.15, -0.1) is 15.0 Å². The van der Waals surface area contributed by atoms with Crippen molar-refractivity contribution in [3.8, 4) is 11.4 Å². The van der Waals surface area contributed by atoms with Gasteiger partial charge in [0, 0.05) is 25.4 Å². The van der Waals surface area contributed by atoms with E-state index in [0.29, 0.717) is 18.1 Å². The quantitative estimate of drug-likeness (QED) is 0.424. The van der Waals surface area contributed by atoms with Crippen LogP contribution in [0.3, 0.4) is 0 Å². The van der Waals surface area contributed by atoms with Crippen LogP contribution < -0.4 is 10.6 Å². The lowest BCUT2D eigenvalue weighted by Gasteiger charge is -2.07. The number of aromatic nitrogens is 8. The first kappa shape index (κ1) is 20.9. The summed E-state index contributed by atoms with van der Waals surface area (Å²) < 4.78 is 2.93. The van der Waals surface area contributed by atoms with E-state index in [2.05, 4.69) is 36.2 Å². The number of rotatable bonds is 8. The van der Waals surface area contributed by atoms with Crippen molar-refractivity contribution in [3.63, 3.8) is 0 Å². The molecule has 0 aliphatic carbocycles. The highest BCUT2D eigenvalue weighted by Gasteiger charge is 2.20. The van der Waals surface area contributed by atoms with Gasteiger partial charge in [-0.1, -0.05) is 37.3 Å².